The van der Waals surface area contributed by atoms with Crippen molar-refractivity contribution in [1.82, 2.24) is 0 Å². The zero-order valence-corrected chi connectivity index (χ0v) is 11.2. The average molecular weight is 279 g/mol. The second-order valence-corrected chi connectivity index (χ2v) is 6.54. The minimum absolute atomic E-state index is 0.0316. The van der Waals surface area contributed by atoms with Gasteiger partial charge in [-0.05, 0) is 42.0 Å². The highest BCUT2D eigenvalue weighted by atomic mass is 32.2. The Labute approximate surface area is 112 Å². The van der Waals surface area contributed by atoms with Crippen LogP contribution >= 0.6 is 0 Å². The summed E-state index contributed by atoms with van der Waals surface area (Å²) in [5, 5.41) is 3.11. The zero-order valence-electron chi connectivity index (χ0n) is 10.4. The first-order chi connectivity index (χ1) is 8.92. The molecule has 100 valence electrons. The van der Waals surface area contributed by atoms with Crippen LogP contribution in [-0.4, -0.2) is 14.7 Å². The second kappa shape index (κ2) is 5.40. The minimum Gasteiger partial charge on any atom is -0.356 e. The molecule has 0 spiro atoms. The summed E-state index contributed by atoms with van der Waals surface area (Å²) in [5.41, 5.74) is 2.34. The zero-order chi connectivity index (χ0) is 13.9. The second-order valence-electron chi connectivity index (χ2n) is 4.40. The van der Waals surface area contributed by atoms with Crippen LogP contribution in [0, 0.1) is 5.82 Å². The summed E-state index contributed by atoms with van der Waals surface area (Å²) in [6.07, 6.45) is 1.21. The quantitative estimate of drug-likeness (QED) is 0.935. The van der Waals surface area contributed by atoms with Gasteiger partial charge in [0.05, 0.1) is 5.75 Å². The van der Waals surface area contributed by atoms with E-state index in [1.54, 1.807) is 36.4 Å². The number of halogens is 1. The lowest BCUT2D eigenvalue weighted by atomic mass is 10.2. The van der Waals surface area contributed by atoms with Crippen LogP contribution in [-0.2, 0) is 15.6 Å². The number of benzene rings is 2. The van der Waals surface area contributed by atoms with Gasteiger partial charge in [-0.25, -0.2) is 12.8 Å². The maximum Gasteiger partial charge on any atom is 0.151 e. The van der Waals surface area contributed by atoms with Gasteiger partial charge in [0, 0.05) is 17.6 Å². The van der Waals surface area contributed by atoms with Gasteiger partial charge in [0.1, 0.15) is 5.82 Å². The molecule has 0 aliphatic heterocycles. The Balaban J connectivity index is 2.08. The molecular formula is C14H14FNO2S. The van der Waals surface area contributed by atoms with E-state index in [9.17, 15) is 12.8 Å². The van der Waals surface area contributed by atoms with Crippen LogP contribution in [0.15, 0.2) is 48.5 Å². The third-order valence-corrected chi connectivity index (χ3v) is 3.37. The SMILES string of the molecule is CS(=O)(=O)Cc1ccc(Nc2ccc(F)cc2)cc1. The van der Waals surface area contributed by atoms with Crippen molar-refractivity contribution in [2.75, 3.05) is 11.6 Å². The predicted molar refractivity (Wildman–Crippen MR) is 74.7 cm³/mol. The molecule has 1 N–H and O–H groups in total. The Morgan fingerprint density at radius 3 is 1.89 bits per heavy atom. The van der Waals surface area contributed by atoms with Gasteiger partial charge in [0.15, 0.2) is 9.84 Å². The van der Waals surface area contributed by atoms with Crippen molar-refractivity contribution in [3.8, 4) is 0 Å². The van der Waals surface area contributed by atoms with E-state index in [1.165, 1.54) is 18.4 Å². The molecule has 2 aromatic rings. The predicted octanol–water partition coefficient (Wildman–Crippen LogP) is 3.11. The molecule has 2 rings (SSSR count). The van der Waals surface area contributed by atoms with Crippen molar-refractivity contribution in [3.05, 3.63) is 59.9 Å². The number of hydrogen-bond acceptors (Lipinski definition) is 3. The Hall–Kier alpha value is -1.88. The molecule has 0 unspecified atom stereocenters. The van der Waals surface area contributed by atoms with Gasteiger partial charge in [-0.2, -0.15) is 0 Å². The standard InChI is InChI=1S/C14H14FNO2S/c1-19(17,18)10-11-2-6-13(7-3-11)16-14-8-4-12(15)5-9-14/h2-9,16H,10H2,1H3. The molecule has 19 heavy (non-hydrogen) atoms. The molecule has 0 aromatic heterocycles. The van der Waals surface area contributed by atoms with E-state index in [1.807, 2.05) is 0 Å². The largest absolute Gasteiger partial charge is 0.356 e. The summed E-state index contributed by atoms with van der Waals surface area (Å²) in [5.74, 6) is -0.252. The van der Waals surface area contributed by atoms with Crippen molar-refractivity contribution in [1.29, 1.82) is 0 Å². The first kappa shape index (κ1) is 13.5. The summed E-state index contributed by atoms with van der Waals surface area (Å²) >= 11 is 0. The van der Waals surface area contributed by atoms with Crippen LogP contribution in [0.5, 0.6) is 0 Å². The van der Waals surface area contributed by atoms with E-state index in [-0.39, 0.29) is 11.6 Å². The molecule has 0 aliphatic carbocycles. The molecule has 3 nitrogen and oxygen atoms in total. The topological polar surface area (TPSA) is 46.2 Å². The van der Waals surface area contributed by atoms with Gasteiger partial charge in [-0.15, -0.1) is 0 Å². The molecule has 0 saturated carbocycles. The van der Waals surface area contributed by atoms with Crippen LogP contribution in [0.1, 0.15) is 5.56 Å². The van der Waals surface area contributed by atoms with Crippen molar-refractivity contribution >= 4 is 21.2 Å². The number of sulfone groups is 1. The molecule has 0 bridgehead atoms. The van der Waals surface area contributed by atoms with Gasteiger partial charge in [0.25, 0.3) is 0 Å². The first-order valence-corrected chi connectivity index (χ1v) is 7.78. The Morgan fingerprint density at radius 1 is 0.947 bits per heavy atom. The summed E-state index contributed by atoms with van der Waals surface area (Å²) in [6.45, 7) is 0. The summed E-state index contributed by atoms with van der Waals surface area (Å²) in [6, 6.07) is 13.1. The fourth-order valence-corrected chi connectivity index (χ4v) is 2.48. The van der Waals surface area contributed by atoms with Crippen molar-refractivity contribution in [2.45, 2.75) is 5.75 Å². The molecular weight excluding hydrogens is 265 g/mol. The molecule has 0 radical (unpaired) electrons. The average Bonchev–Trinajstić information content (AvgIpc) is 2.33. The van der Waals surface area contributed by atoms with Crippen LogP contribution in [0.25, 0.3) is 0 Å². The highest BCUT2D eigenvalue weighted by Crippen LogP contribution is 2.18. The Bertz CT molecular complexity index is 649. The number of hydrogen-bond donors (Lipinski definition) is 1. The third-order valence-electron chi connectivity index (χ3n) is 2.52. The molecule has 0 fully saturated rings. The third kappa shape index (κ3) is 4.37. The molecule has 2 aromatic carbocycles. The maximum atomic E-state index is 12.8. The van der Waals surface area contributed by atoms with Gasteiger partial charge in [-0.1, -0.05) is 12.1 Å². The van der Waals surface area contributed by atoms with Crippen LogP contribution in [0.2, 0.25) is 0 Å². The van der Waals surface area contributed by atoms with E-state index in [0.29, 0.717) is 0 Å². The fourth-order valence-electron chi connectivity index (χ4n) is 1.69. The lowest BCUT2D eigenvalue weighted by molar-refractivity contribution is 0.601. The number of anilines is 2. The fraction of sp³-hybridized carbons (Fsp3) is 0.143. The molecule has 0 aliphatic rings. The van der Waals surface area contributed by atoms with Crippen LogP contribution in [0.3, 0.4) is 0 Å². The molecule has 0 saturated heterocycles. The van der Waals surface area contributed by atoms with E-state index < -0.39 is 9.84 Å². The van der Waals surface area contributed by atoms with Gasteiger partial charge < -0.3 is 5.32 Å². The highest BCUT2D eigenvalue weighted by molar-refractivity contribution is 7.89. The summed E-state index contributed by atoms with van der Waals surface area (Å²) < 4.78 is 35.1. The van der Waals surface area contributed by atoms with Crippen molar-refractivity contribution < 1.29 is 12.8 Å². The van der Waals surface area contributed by atoms with Crippen molar-refractivity contribution in [2.24, 2.45) is 0 Å². The van der Waals surface area contributed by atoms with Gasteiger partial charge >= 0.3 is 0 Å². The lowest BCUT2D eigenvalue weighted by Gasteiger charge is -2.07. The maximum absolute atomic E-state index is 12.8. The highest BCUT2D eigenvalue weighted by Gasteiger charge is 2.04. The van der Waals surface area contributed by atoms with Gasteiger partial charge in [-0.3, -0.25) is 0 Å². The Kier molecular flexibility index (Phi) is 3.85. The normalized spacial score (nSPS) is 11.3. The van der Waals surface area contributed by atoms with E-state index in [2.05, 4.69) is 5.32 Å². The van der Waals surface area contributed by atoms with Crippen LogP contribution in [0.4, 0.5) is 15.8 Å². The first-order valence-electron chi connectivity index (χ1n) is 5.72. The van der Waals surface area contributed by atoms with Crippen molar-refractivity contribution in [3.63, 3.8) is 0 Å². The van der Waals surface area contributed by atoms with Gasteiger partial charge in [0.2, 0.25) is 0 Å². The Morgan fingerprint density at radius 2 is 1.42 bits per heavy atom. The minimum atomic E-state index is -3.02. The lowest BCUT2D eigenvalue weighted by Crippen LogP contribution is -2.00. The van der Waals surface area contributed by atoms with E-state index >= 15 is 0 Å². The molecule has 0 heterocycles. The smallest absolute Gasteiger partial charge is 0.151 e. The van der Waals surface area contributed by atoms with E-state index in [4.69, 9.17) is 0 Å². The van der Waals surface area contributed by atoms with Crippen LogP contribution < -0.4 is 5.32 Å². The molecule has 5 heteroatoms. The van der Waals surface area contributed by atoms with E-state index in [0.717, 1.165) is 16.9 Å². The molecule has 0 amide bonds. The monoisotopic (exact) mass is 279 g/mol. The summed E-state index contributed by atoms with van der Waals surface area (Å²) in [4.78, 5) is 0. The number of rotatable bonds is 4. The molecule has 0 atom stereocenters. The number of nitrogens with one attached hydrogen (secondary N) is 1. The summed E-state index contributed by atoms with van der Waals surface area (Å²) in [7, 11) is -3.02.